The fourth-order valence-corrected chi connectivity index (χ4v) is 6.12. The van der Waals surface area contributed by atoms with Crippen LogP contribution in [-0.2, 0) is 31.6 Å². The second-order valence-electron chi connectivity index (χ2n) is 6.88. The van der Waals surface area contributed by atoms with E-state index in [1.165, 1.54) is 30.5 Å². The van der Waals surface area contributed by atoms with Gasteiger partial charge >= 0.3 is 23.5 Å². The Morgan fingerprint density at radius 1 is 0.973 bits per heavy atom. The molecule has 0 amide bonds. The Morgan fingerprint density at radius 3 is 2.16 bits per heavy atom. The van der Waals surface area contributed by atoms with Gasteiger partial charge in [0.1, 0.15) is 18.3 Å². The molecule has 0 bridgehead atoms. The molecule has 1 aromatic heterocycles. The Balaban J connectivity index is 0.00000432. The van der Waals surface area contributed by atoms with Crippen molar-refractivity contribution in [1.29, 1.82) is 5.26 Å². The number of rotatable bonds is 8. The number of benzene rings is 1. The van der Waals surface area contributed by atoms with E-state index in [0.717, 1.165) is 4.57 Å². The van der Waals surface area contributed by atoms with Crippen LogP contribution in [0.4, 0.5) is 0 Å². The first-order chi connectivity index (χ1) is 15.6. The number of pyridine rings is 1. The summed E-state index contributed by atoms with van der Waals surface area (Å²) in [6, 6.07) is 7.71. The van der Waals surface area contributed by atoms with E-state index in [9.17, 15) is 33.6 Å². The van der Waals surface area contributed by atoms with Gasteiger partial charge in [-0.1, -0.05) is 6.07 Å². The molecule has 0 radical (unpaired) electrons. The molecule has 2 unspecified atom stereocenters. The van der Waals surface area contributed by atoms with Gasteiger partial charge in [0, 0.05) is 11.6 Å². The van der Waals surface area contributed by atoms with E-state index in [4.69, 9.17) is 24.7 Å². The van der Waals surface area contributed by atoms with Gasteiger partial charge in [-0.05, 0) is 23.6 Å². The molecule has 2 heterocycles. The van der Waals surface area contributed by atoms with Gasteiger partial charge < -0.3 is 53.0 Å². The van der Waals surface area contributed by atoms with Crippen LogP contribution < -0.4 is 24.0 Å². The largest absolute Gasteiger partial charge is 0.490 e. The molecule has 0 spiro atoms. The lowest BCUT2D eigenvalue weighted by atomic mass is 10.1. The Bertz CT molecular complexity index is 1340. The molecule has 3 rings (SSSR count). The molecule has 22 heteroatoms. The van der Waals surface area contributed by atoms with Crippen molar-refractivity contribution in [3.8, 4) is 6.07 Å². The van der Waals surface area contributed by atoms with Gasteiger partial charge in [0.15, 0.2) is 6.23 Å². The highest BCUT2D eigenvalue weighted by Crippen LogP contribution is 2.66. The Morgan fingerprint density at radius 2 is 1.59 bits per heavy atom. The number of fused-ring (bicyclic) bond motifs is 1. The van der Waals surface area contributed by atoms with Crippen LogP contribution in [0.25, 0.3) is 10.8 Å². The summed E-state index contributed by atoms with van der Waals surface area (Å²) in [6.07, 6.45) is -5.30. The fraction of sp³-hybridized carbons (Fsp3) is 0.333. The summed E-state index contributed by atoms with van der Waals surface area (Å²) < 4.78 is 51.7. The molecule has 2 aromatic rings. The van der Waals surface area contributed by atoms with Gasteiger partial charge in [0.2, 0.25) is 0 Å². The molecular formula is C15H26N5O14P3. The highest BCUT2D eigenvalue weighted by molar-refractivity contribution is 7.66. The number of aliphatic hydroxyl groups is 2. The first-order valence-electron chi connectivity index (χ1n) is 8.97. The van der Waals surface area contributed by atoms with Crippen LogP contribution in [-0.4, -0.2) is 59.3 Å². The molecule has 1 fully saturated rings. The van der Waals surface area contributed by atoms with Gasteiger partial charge in [-0.2, -0.15) is 13.9 Å². The number of nitrogens with zero attached hydrogens (tertiary/aromatic N) is 2. The summed E-state index contributed by atoms with van der Waals surface area (Å²) in [7, 11) is -16.8. The SMILES string of the molecule is N.N.N.N#Cc1ccc2ccn([C@H]3O[C@@H](COP(=O)(O)OP(=O)(O)OP(=O)(O)O)[C@@H](O)[C@H]3O)c(=O)c2c1. The first kappa shape index (κ1) is 35.1. The summed E-state index contributed by atoms with van der Waals surface area (Å²) >= 11 is 0. The maximum Gasteiger partial charge on any atom is 0.490 e. The number of aromatic nitrogens is 1. The van der Waals surface area contributed by atoms with Crippen LogP contribution in [0.2, 0.25) is 0 Å². The maximum atomic E-state index is 12.8. The highest BCUT2D eigenvalue weighted by atomic mass is 31.3. The van der Waals surface area contributed by atoms with Crippen LogP contribution in [0.1, 0.15) is 11.8 Å². The average Bonchev–Trinajstić information content (AvgIpc) is 2.98. The lowest BCUT2D eigenvalue weighted by molar-refractivity contribution is -0.0533. The normalized spacial score (nSPS) is 24.5. The van der Waals surface area contributed by atoms with Crippen LogP contribution in [0.3, 0.4) is 0 Å². The molecular weight excluding hydrogens is 567 g/mol. The zero-order valence-electron chi connectivity index (χ0n) is 18.7. The minimum absolute atomic E-state index is 0. The third kappa shape index (κ3) is 8.55. The lowest BCUT2D eigenvalue weighted by Gasteiger charge is -2.19. The summed E-state index contributed by atoms with van der Waals surface area (Å²) in [6.45, 7) is -1.03. The van der Waals surface area contributed by atoms with Gasteiger partial charge in [-0.25, -0.2) is 13.7 Å². The van der Waals surface area contributed by atoms with Crippen molar-refractivity contribution in [1.82, 2.24) is 23.0 Å². The second-order valence-corrected chi connectivity index (χ2v) is 11.3. The number of aliphatic hydroxyl groups excluding tert-OH is 2. The van der Waals surface area contributed by atoms with E-state index < -0.39 is 60.2 Å². The smallest absolute Gasteiger partial charge is 0.387 e. The number of nitriles is 1. The summed E-state index contributed by atoms with van der Waals surface area (Å²) in [5.74, 6) is 0. The quantitative estimate of drug-likeness (QED) is 0.186. The lowest BCUT2D eigenvalue weighted by Crippen LogP contribution is -2.35. The molecule has 210 valence electrons. The summed E-state index contributed by atoms with van der Waals surface area (Å²) in [4.78, 5) is 48.5. The van der Waals surface area contributed by atoms with Crippen LogP contribution in [0.15, 0.2) is 35.3 Å². The van der Waals surface area contributed by atoms with Crippen LogP contribution in [0, 0.1) is 11.3 Å². The second kappa shape index (κ2) is 12.8. The Hall–Kier alpha value is -1.91. The first-order valence-corrected chi connectivity index (χ1v) is 13.5. The van der Waals surface area contributed by atoms with E-state index in [-0.39, 0.29) is 29.4 Å². The Labute approximate surface area is 208 Å². The minimum Gasteiger partial charge on any atom is -0.387 e. The molecule has 1 aliphatic heterocycles. The van der Waals surface area contributed by atoms with E-state index in [1.54, 1.807) is 0 Å². The minimum atomic E-state index is -5.74. The standard InChI is InChI=1S/C15H17N2O14P3.3H3N/c16-6-8-1-2-9-3-4-17(14(20)10(9)5-8)15-13(19)12(18)11(29-15)7-28-33(24,25)31-34(26,27)30-32(21,22)23;;;/h1-5,11-13,15,18-19H,7H2,(H,24,25)(H,26,27)(H2,21,22,23);3*1H3/t11-,12+,13+,15-;;;/m0.../s1. The van der Waals surface area contributed by atoms with Crippen molar-refractivity contribution >= 4 is 34.2 Å². The molecule has 0 aliphatic carbocycles. The zero-order chi connectivity index (χ0) is 25.5. The van der Waals surface area contributed by atoms with Crippen molar-refractivity contribution in [3.05, 3.63) is 46.4 Å². The molecule has 37 heavy (non-hydrogen) atoms. The Kier molecular flexibility index (Phi) is 12.1. The van der Waals surface area contributed by atoms with E-state index in [2.05, 4.69) is 13.1 Å². The predicted octanol–water partition coefficient (Wildman–Crippen LogP) is 0.322. The molecule has 19 nitrogen and oxygen atoms in total. The molecule has 15 N–H and O–H groups in total. The van der Waals surface area contributed by atoms with Crippen molar-refractivity contribution in [2.24, 2.45) is 0 Å². The molecule has 1 aromatic carbocycles. The van der Waals surface area contributed by atoms with Crippen molar-refractivity contribution in [3.63, 3.8) is 0 Å². The molecule has 1 aliphatic rings. The summed E-state index contributed by atoms with van der Waals surface area (Å²) in [5.41, 5.74) is -0.483. The topological polar surface area (TPSA) is 360 Å². The van der Waals surface area contributed by atoms with E-state index in [0.29, 0.717) is 5.39 Å². The number of ether oxygens (including phenoxy) is 1. The number of hydrogen-bond acceptors (Lipinski definition) is 14. The summed E-state index contributed by atoms with van der Waals surface area (Å²) in [5, 5.41) is 30.2. The molecule has 0 saturated carbocycles. The van der Waals surface area contributed by atoms with Gasteiger partial charge in [0.25, 0.3) is 5.56 Å². The van der Waals surface area contributed by atoms with E-state index >= 15 is 0 Å². The monoisotopic (exact) mass is 593 g/mol. The van der Waals surface area contributed by atoms with Crippen molar-refractivity contribution < 1.29 is 61.4 Å². The van der Waals surface area contributed by atoms with Crippen molar-refractivity contribution in [2.45, 2.75) is 24.5 Å². The predicted molar refractivity (Wildman–Crippen MR) is 124 cm³/mol. The number of phosphoric acid groups is 3. The average molecular weight is 593 g/mol. The zero-order valence-corrected chi connectivity index (χ0v) is 21.4. The van der Waals surface area contributed by atoms with Gasteiger partial charge in [-0.15, -0.1) is 0 Å². The van der Waals surface area contributed by atoms with E-state index in [1.807, 2.05) is 6.07 Å². The van der Waals surface area contributed by atoms with Crippen LogP contribution in [0.5, 0.6) is 0 Å². The molecule has 6 atom stereocenters. The highest BCUT2D eigenvalue weighted by Gasteiger charge is 2.46. The van der Waals surface area contributed by atoms with Gasteiger partial charge in [0.05, 0.1) is 18.2 Å². The van der Waals surface area contributed by atoms with Crippen molar-refractivity contribution in [2.75, 3.05) is 6.61 Å². The van der Waals surface area contributed by atoms with Gasteiger partial charge in [-0.3, -0.25) is 13.9 Å². The number of phosphoric ester groups is 1. The third-order valence-corrected chi connectivity index (χ3v) is 8.29. The fourth-order valence-electron chi connectivity index (χ4n) is 3.09. The maximum absolute atomic E-state index is 12.8. The number of hydrogen-bond donors (Lipinski definition) is 9. The van der Waals surface area contributed by atoms with Crippen LogP contribution >= 0.6 is 23.5 Å². The third-order valence-electron chi connectivity index (χ3n) is 4.49. The molecule has 1 saturated heterocycles.